The number of rotatable bonds is 8. The van der Waals surface area contributed by atoms with Gasteiger partial charge in [-0.1, -0.05) is 12.1 Å². The molecule has 0 atom stereocenters. The summed E-state index contributed by atoms with van der Waals surface area (Å²) >= 11 is 0. The molecular formula is C20H25F3N4O5. The van der Waals surface area contributed by atoms with Crippen LogP contribution in [0.15, 0.2) is 24.3 Å². The SMILES string of the molecule is CC(C)OC(=O)NC12CC(N(Cc3cccc(OC(F)(F)F)c3)C(=O)CNC(N)=O)(C1)C2. The molecule has 0 aliphatic heterocycles. The summed E-state index contributed by atoms with van der Waals surface area (Å²) in [5.74, 6) is -0.839. The van der Waals surface area contributed by atoms with E-state index in [1.54, 1.807) is 19.9 Å². The molecule has 176 valence electrons. The highest BCUT2D eigenvalue weighted by Crippen LogP contribution is 2.64. The monoisotopic (exact) mass is 458 g/mol. The number of alkyl halides is 3. The average Bonchev–Trinajstić information content (AvgIpc) is 2.58. The lowest BCUT2D eigenvalue weighted by Crippen LogP contribution is -2.84. The number of ether oxygens (including phenoxy) is 2. The number of carbonyl (C=O) groups excluding carboxylic acids is 3. The van der Waals surface area contributed by atoms with Crippen molar-refractivity contribution >= 4 is 18.0 Å². The Morgan fingerprint density at radius 1 is 1.22 bits per heavy atom. The number of amides is 4. The molecule has 4 rings (SSSR count). The molecule has 0 radical (unpaired) electrons. The maximum atomic E-state index is 12.8. The van der Waals surface area contributed by atoms with Crippen molar-refractivity contribution in [2.45, 2.75) is 63.2 Å². The fraction of sp³-hybridized carbons (Fsp3) is 0.550. The first kappa shape index (κ1) is 23.5. The van der Waals surface area contributed by atoms with Crippen LogP contribution in [0, 0.1) is 0 Å². The molecule has 3 fully saturated rings. The summed E-state index contributed by atoms with van der Waals surface area (Å²) in [6, 6.07) is 4.47. The molecular weight excluding hydrogens is 433 g/mol. The smallest absolute Gasteiger partial charge is 0.447 e. The summed E-state index contributed by atoms with van der Waals surface area (Å²) in [6.45, 7) is 3.10. The third-order valence-corrected chi connectivity index (χ3v) is 5.47. The summed E-state index contributed by atoms with van der Waals surface area (Å²) in [5.41, 5.74) is 4.40. The van der Waals surface area contributed by atoms with Crippen LogP contribution in [0.1, 0.15) is 38.7 Å². The predicted molar refractivity (Wildman–Crippen MR) is 105 cm³/mol. The van der Waals surface area contributed by atoms with Gasteiger partial charge >= 0.3 is 18.5 Å². The van der Waals surface area contributed by atoms with Gasteiger partial charge in [-0.25, -0.2) is 9.59 Å². The highest BCUT2D eigenvalue weighted by molar-refractivity contribution is 5.84. The molecule has 3 saturated carbocycles. The summed E-state index contributed by atoms with van der Waals surface area (Å²) in [5, 5.41) is 5.06. The largest absolute Gasteiger partial charge is 0.573 e. The molecule has 2 bridgehead atoms. The Morgan fingerprint density at radius 3 is 2.44 bits per heavy atom. The van der Waals surface area contributed by atoms with Crippen LogP contribution in [-0.2, 0) is 16.1 Å². The van der Waals surface area contributed by atoms with Crippen LogP contribution < -0.4 is 21.1 Å². The van der Waals surface area contributed by atoms with E-state index in [9.17, 15) is 27.6 Å². The Bertz CT molecular complexity index is 886. The van der Waals surface area contributed by atoms with Crippen molar-refractivity contribution in [3.05, 3.63) is 29.8 Å². The zero-order valence-electron chi connectivity index (χ0n) is 17.6. The standard InChI is InChI=1S/C20H25F3N4O5/c1-12(2)31-17(30)26-18-9-19(10-18,11-18)27(15(28)7-25-16(24)29)8-13-4-3-5-14(6-13)32-20(21,22)23/h3-6,12H,7-11H2,1-2H3,(H,26,30)(H3,24,25,29). The topological polar surface area (TPSA) is 123 Å². The van der Waals surface area contributed by atoms with Crippen molar-refractivity contribution in [3.8, 4) is 5.75 Å². The molecule has 9 nitrogen and oxygen atoms in total. The van der Waals surface area contributed by atoms with E-state index in [0.29, 0.717) is 24.8 Å². The molecule has 0 heterocycles. The Balaban J connectivity index is 1.71. The number of nitrogens with two attached hydrogens (primary N) is 1. The minimum absolute atomic E-state index is 0.000846. The Morgan fingerprint density at radius 2 is 1.88 bits per heavy atom. The van der Waals surface area contributed by atoms with Gasteiger partial charge in [0.1, 0.15) is 5.75 Å². The number of urea groups is 1. The Kier molecular flexibility index (Phi) is 6.16. The van der Waals surface area contributed by atoms with E-state index >= 15 is 0 Å². The van der Waals surface area contributed by atoms with Crippen LogP contribution in [-0.4, -0.2) is 53.0 Å². The van der Waals surface area contributed by atoms with Crippen LogP contribution in [0.3, 0.4) is 0 Å². The quantitative estimate of drug-likeness (QED) is 0.552. The van der Waals surface area contributed by atoms with Crippen molar-refractivity contribution in [2.75, 3.05) is 6.54 Å². The number of nitrogens with zero attached hydrogens (tertiary/aromatic N) is 1. The van der Waals surface area contributed by atoms with E-state index in [0.717, 1.165) is 6.07 Å². The summed E-state index contributed by atoms with van der Waals surface area (Å²) in [6.07, 6.45) is -4.26. The van der Waals surface area contributed by atoms with Gasteiger partial charge in [0, 0.05) is 6.54 Å². The molecule has 0 saturated heterocycles. The number of alkyl carbamates (subject to hydrolysis) is 1. The number of benzene rings is 1. The number of hydrogen-bond acceptors (Lipinski definition) is 5. The molecule has 0 aromatic heterocycles. The van der Waals surface area contributed by atoms with Gasteiger partial charge in [0.2, 0.25) is 5.91 Å². The first-order valence-corrected chi connectivity index (χ1v) is 9.99. The highest BCUT2D eigenvalue weighted by Gasteiger charge is 2.72. The highest BCUT2D eigenvalue weighted by atomic mass is 19.4. The van der Waals surface area contributed by atoms with Gasteiger partial charge in [-0.2, -0.15) is 0 Å². The van der Waals surface area contributed by atoms with E-state index in [1.807, 2.05) is 0 Å². The van der Waals surface area contributed by atoms with Crippen LogP contribution in [0.4, 0.5) is 22.8 Å². The summed E-state index contributed by atoms with van der Waals surface area (Å²) in [7, 11) is 0. The van der Waals surface area contributed by atoms with Crippen LogP contribution >= 0.6 is 0 Å². The molecule has 1 aromatic rings. The van der Waals surface area contributed by atoms with Gasteiger partial charge in [-0.05, 0) is 50.8 Å². The van der Waals surface area contributed by atoms with Gasteiger partial charge in [0.05, 0.1) is 23.7 Å². The molecule has 0 spiro atoms. The van der Waals surface area contributed by atoms with Gasteiger partial charge < -0.3 is 30.7 Å². The molecule has 32 heavy (non-hydrogen) atoms. The maximum absolute atomic E-state index is 12.8. The first-order valence-electron chi connectivity index (χ1n) is 9.99. The molecule has 12 heteroatoms. The number of carbonyl (C=O) groups is 3. The normalized spacial score (nSPS) is 23.4. The second-order valence-electron chi connectivity index (χ2n) is 8.51. The van der Waals surface area contributed by atoms with Gasteiger partial charge in [-0.15, -0.1) is 13.2 Å². The third-order valence-electron chi connectivity index (χ3n) is 5.47. The number of halogens is 3. The fourth-order valence-corrected chi connectivity index (χ4v) is 4.42. The summed E-state index contributed by atoms with van der Waals surface area (Å²) < 4.78 is 46.7. The van der Waals surface area contributed by atoms with Gasteiger partial charge in [0.15, 0.2) is 0 Å². The molecule has 0 unspecified atom stereocenters. The van der Waals surface area contributed by atoms with Gasteiger partial charge in [0.25, 0.3) is 0 Å². The van der Waals surface area contributed by atoms with Crippen LogP contribution in [0.2, 0.25) is 0 Å². The van der Waals surface area contributed by atoms with Crippen molar-refractivity contribution in [2.24, 2.45) is 5.73 Å². The number of primary amides is 1. The third kappa shape index (κ3) is 5.35. The van der Waals surface area contributed by atoms with E-state index < -0.39 is 41.2 Å². The minimum atomic E-state index is -4.84. The average molecular weight is 458 g/mol. The lowest BCUT2D eigenvalue weighted by molar-refractivity contribution is -0.274. The Hall–Kier alpha value is -3.18. The lowest BCUT2D eigenvalue weighted by Gasteiger charge is -2.73. The molecule has 1 aromatic carbocycles. The number of hydrogen-bond donors (Lipinski definition) is 3. The van der Waals surface area contributed by atoms with E-state index in [-0.39, 0.29) is 19.2 Å². The Labute approximate surface area is 182 Å². The molecule has 3 aliphatic rings. The molecule has 4 amide bonds. The number of nitrogens with one attached hydrogen (secondary N) is 2. The van der Waals surface area contributed by atoms with Crippen LogP contribution in [0.5, 0.6) is 5.75 Å². The maximum Gasteiger partial charge on any atom is 0.573 e. The fourth-order valence-electron chi connectivity index (χ4n) is 4.42. The van der Waals surface area contributed by atoms with Crippen LogP contribution in [0.25, 0.3) is 0 Å². The van der Waals surface area contributed by atoms with Gasteiger partial charge in [-0.3, -0.25) is 4.79 Å². The van der Waals surface area contributed by atoms with Crippen molar-refractivity contribution in [1.29, 1.82) is 0 Å². The van der Waals surface area contributed by atoms with Crippen molar-refractivity contribution in [1.82, 2.24) is 15.5 Å². The van der Waals surface area contributed by atoms with Crippen molar-refractivity contribution in [3.63, 3.8) is 0 Å². The van der Waals surface area contributed by atoms with Crippen molar-refractivity contribution < 1.29 is 37.0 Å². The predicted octanol–water partition coefficient (Wildman–Crippen LogP) is 2.39. The second-order valence-corrected chi connectivity index (χ2v) is 8.51. The van der Waals surface area contributed by atoms with E-state index in [4.69, 9.17) is 10.5 Å². The van der Waals surface area contributed by atoms with E-state index in [1.165, 1.54) is 17.0 Å². The molecule has 4 N–H and O–H groups in total. The lowest BCUT2D eigenvalue weighted by atomic mass is 9.43. The second kappa shape index (κ2) is 8.40. The molecule has 3 aliphatic carbocycles. The zero-order chi connectivity index (χ0) is 23.7. The summed E-state index contributed by atoms with van der Waals surface area (Å²) in [4.78, 5) is 37.3. The van der Waals surface area contributed by atoms with E-state index in [2.05, 4.69) is 15.4 Å². The zero-order valence-corrected chi connectivity index (χ0v) is 17.6. The minimum Gasteiger partial charge on any atom is -0.447 e. The first-order chi connectivity index (χ1) is 14.8.